The molecule has 0 unspecified atom stereocenters. The van der Waals surface area contributed by atoms with Gasteiger partial charge >= 0.3 is 0 Å². The number of morpholine rings is 1. The van der Waals surface area contributed by atoms with Gasteiger partial charge in [0.1, 0.15) is 10.1 Å². The molecule has 0 radical (unpaired) electrons. The van der Waals surface area contributed by atoms with Crippen LogP contribution in [0.15, 0.2) is 23.1 Å². The zero-order valence-electron chi connectivity index (χ0n) is 17.6. The van der Waals surface area contributed by atoms with Crippen LogP contribution in [0.4, 0.5) is 0 Å². The lowest BCUT2D eigenvalue weighted by Crippen LogP contribution is -2.38. The average molecular weight is 446 g/mol. The average Bonchev–Trinajstić information content (AvgIpc) is 3.16. The Balaban J connectivity index is 1.52. The predicted molar refractivity (Wildman–Crippen MR) is 126 cm³/mol. The molecule has 30 heavy (non-hydrogen) atoms. The SMILES string of the molecule is COc1ccc2c(c1)c(C=C1SC(=S)N(CCCN3CCOCC3)C1=O)c(C)n2C. The molecule has 2 aliphatic rings. The van der Waals surface area contributed by atoms with E-state index in [1.54, 1.807) is 12.0 Å². The second-order valence-corrected chi connectivity index (χ2v) is 9.26. The van der Waals surface area contributed by atoms with E-state index < -0.39 is 0 Å². The zero-order chi connectivity index (χ0) is 21.3. The van der Waals surface area contributed by atoms with Gasteiger partial charge in [-0.2, -0.15) is 0 Å². The fraction of sp³-hybridized carbons (Fsp3) is 0.455. The highest BCUT2D eigenvalue weighted by atomic mass is 32.2. The van der Waals surface area contributed by atoms with Gasteiger partial charge in [0.05, 0.1) is 25.2 Å². The van der Waals surface area contributed by atoms with Gasteiger partial charge in [-0.25, -0.2) is 0 Å². The topological polar surface area (TPSA) is 46.9 Å². The summed E-state index contributed by atoms with van der Waals surface area (Å²) in [7, 11) is 3.71. The minimum atomic E-state index is 0.00581. The smallest absolute Gasteiger partial charge is 0.266 e. The van der Waals surface area contributed by atoms with E-state index in [1.165, 1.54) is 11.8 Å². The van der Waals surface area contributed by atoms with Gasteiger partial charge in [0.25, 0.3) is 5.91 Å². The van der Waals surface area contributed by atoms with E-state index in [-0.39, 0.29) is 5.91 Å². The van der Waals surface area contributed by atoms with Crippen LogP contribution < -0.4 is 4.74 Å². The minimum Gasteiger partial charge on any atom is -0.497 e. The van der Waals surface area contributed by atoms with Crippen molar-refractivity contribution in [2.24, 2.45) is 7.05 Å². The molecule has 0 bridgehead atoms. The van der Waals surface area contributed by atoms with Crippen molar-refractivity contribution in [1.29, 1.82) is 0 Å². The molecule has 1 aromatic heterocycles. The van der Waals surface area contributed by atoms with Crippen LogP contribution in [0.2, 0.25) is 0 Å². The number of aromatic nitrogens is 1. The van der Waals surface area contributed by atoms with Crippen LogP contribution in [-0.4, -0.2) is 71.1 Å². The molecule has 8 heteroatoms. The van der Waals surface area contributed by atoms with Crippen LogP contribution in [0.3, 0.4) is 0 Å². The number of nitrogens with zero attached hydrogens (tertiary/aromatic N) is 3. The molecule has 1 aromatic carbocycles. The molecule has 6 nitrogen and oxygen atoms in total. The number of hydrogen-bond donors (Lipinski definition) is 0. The molecule has 0 atom stereocenters. The molecule has 4 rings (SSSR count). The first-order chi connectivity index (χ1) is 14.5. The predicted octanol–water partition coefficient (Wildman–Crippen LogP) is 3.42. The molecule has 2 fully saturated rings. The molecule has 0 N–H and O–H groups in total. The summed E-state index contributed by atoms with van der Waals surface area (Å²) >= 11 is 6.92. The van der Waals surface area contributed by atoms with E-state index in [0.717, 1.165) is 67.2 Å². The maximum absolute atomic E-state index is 13.1. The number of carbonyl (C=O) groups is 1. The number of aryl methyl sites for hydroxylation is 1. The Hall–Kier alpha value is -1.87. The number of thioether (sulfide) groups is 1. The fourth-order valence-corrected chi connectivity index (χ4v) is 5.28. The van der Waals surface area contributed by atoms with Crippen LogP contribution >= 0.6 is 24.0 Å². The minimum absolute atomic E-state index is 0.00581. The van der Waals surface area contributed by atoms with Gasteiger partial charge in [-0.05, 0) is 37.6 Å². The van der Waals surface area contributed by atoms with Gasteiger partial charge in [0.15, 0.2) is 0 Å². The van der Waals surface area contributed by atoms with Crippen molar-refractivity contribution in [3.8, 4) is 5.75 Å². The number of benzene rings is 1. The zero-order valence-corrected chi connectivity index (χ0v) is 19.3. The molecule has 0 saturated carbocycles. The third-order valence-electron chi connectivity index (χ3n) is 5.86. The van der Waals surface area contributed by atoms with Crippen molar-refractivity contribution >= 4 is 51.2 Å². The highest BCUT2D eigenvalue weighted by molar-refractivity contribution is 8.26. The second-order valence-electron chi connectivity index (χ2n) is 7.58. The Bertz CT molecular complexity index is 1010. The number of methoxy groups -OCH3 is 1. The number of ether oxygens (including phenoxy) is 2. The quantitative estimate of drug-likeness (QED) is 0.502. The summed E-state index contributed by atoms with van der Waals surface area (Å²) in [6.07, 6.45) is 2.89. The highest BCUT2D eigenvalue weighted by Gasteiger charge is 2.32. The number of thiocarbonyl (C=S) groups is 1. The van der Waals surface area contributed by atoms with E-state index in [4.69, 9.17) is 21.7 Å². The van der Waals surface area contributed by atoms with Crippen LogP contribution in [-0.2, 0) is 16.6 Å². The maximum atomic E-state index is 13.1. The van der Waals surface area contributed by atoms with E-state index in [2.05, 4.69) is 22.5 Å². The monoisotopic (exact) mass is 445 g/mol. The van der Waals surface area contributed by atoms with Gasteiger partial charge in [-0.1, -0.05) is 24.0 Å². The fourth-order valence-electron chi connectivity index (χ4n) is 3.99. The lowest BCUT2D eigenvalue weighted by atomic mass is 10.1. The first-order valence-corrected chi connectivity index (χ1v) is 11.4. The summed E-state index contributed by atoms with van der Waals surface area (Å²) in [6.45, 7) is 7.19. The largest absolute Gasteiger partial charge is 0.497 e. The Morgan fingerprint density at radius 2 is 2.03 bits per heavy atom. The van der Waals surface area contributed by atoms with Crippen LogP contribution in [0.1, 0.15) is 17.7 Å². The van der Waals surface area contributed by atoms with Gasteiger partial charge in [0.2, 0.25) is 0 Å². The standard InChI is InChI=1S/C22H27N3O3S2/c1-15-17(18-13-16(27-3)5-6-19(18)23(15)2)14-20-21(26)25(22(29)30-20)8-4-7-24-9-11-28-12-10-24/h5-6,13-14H,4,7-12H2,1-3H3. The molecule has 2 saturated heterocycles. The first kappa shape index (κ1) is 21.4. The summed E-state index contributed by atoms with van der Waals surface area (Å²) in [5, 5.41) is 1.08. The molecule has 2 aromatic rings. The van der Waals surface area contributed by atoms with Crippen molar-refractivity contribution < 1.29 is 14.3 Å². The van der Waals surface area contributed by atoms with Gasteiger partial charge in [-0.15, -0.1) is 0 Å². The van der Waals surface area contributed by atoms with Gasteiger partial charge in [-0.3, -0.25) is 14.6 Å². The van der Waals surface area contributed by atoms with Gasteiger partial charge < -0.3 is 14.0 Å². The molecule has 0 spiro atoms. The molecule has 0 aliphatic carbocycles. The van der Waals surface area contributed by atoms with Crippen molar-refractivity contribution in [2.75, 3.05) is 46.5 Å². The molecule has 2 aliphatic heterocycles. The second kappa shape index (κ2) is 9.09. The molecule has 160 valence electrons. The van der Waals surface area contributed by atoms with E-state index >= 15 is 0 Å². The molecule has 3 heterocycles. The van der Waals surface area contributed by atoms with E-state index in [1.807, 2.05) is 25.3 Å². The van der Waals surface area contributed by atoms with E-state index in [9.17, 15) is 4.79 Å². The molecular formula is C22H27N3O3S2. The molecular weight excluding hydrogens is 418 g/mol. The summed E-state index contributed by atoms with van der Waals surface area (Å²) < 4.78 is 13.6. The summed E-state index contributed by atoms with van der Waals surface area (Å²) in [4.78, 5) is 17.9. The number of rotatable bonds is 6. The normalized spacial score (nSPS) is 19.4. The summed E-state index contributed by atoms with van der Waals surface area (Å²) in [5.41, 5.74) is 3.26. The van der Waals surface area contributed by atoms with Crippen LogP contribution in [0.25, 0.3) is 17.0 Å². The van der Waals surface area contributed by atoms with Crippen molar-refractivity contribution in [3.63, 3.8) is 0 Å². The lowest BCUT2D eigenvalue weighted by molar-refractivity contribution is -0.122. The highest BCUT2D eigenvalue weighted by Crippen LogP contribution is 2.36. The lowest BCUT2D eigenvalue weighted by Gasteiger charge is -2.27. The number of fused-ring (bicyclic) bond motifs is 1. The third kappa shape index (κ3) is 4.14. The van der Waals surface area contributed by atoms with E-state index in [0.29, 0.717) is 15.8 Å². The number of amides is 1. The van der Waals surface area contributed by atoms with Crippen LogP contribution in [0.5, 0.6) is 5.75 Å². The summed E-state index contributed by atoms with van der Waals surface area (Å²) in [6, 6.07) is 6.03. The third-order valence-corrected chi connectivity index (χ3v) is 7.23. The Kier molecular flexibility index (Phi) is 6.48. The van der Waals surface area contributed by atoms with Crippen molar-refractivity contribution in [1.82, 2.24) is 14.4 Å². The Labute approximate surface area is 186 Å². The number of carbonyl (C=O) groups excluding carboxylic acids is 1. The van der Waals surface area contributed by atoms with Gasteiger partial charge in [0, 0.05) is 55.4 Å². The van der Waals surface area contributed by atoms with Crippen molar-refractivity contribution in [3.05, 3.63) is 34.4 Å². The molecule has 1 amide bonds. The number of hydrogen-bond acceptors (Lipinski definition) is 6. The van der Waals surface area contributed by atoms with Crippen LogP contribution in [0, 0.1) is 6.92 Å². The Morgan fingerprint density at radius 3 is 2.77 bits per heavy atom. The first-order valence-electron chi connectivity index (χ1n) is 10.2. The maximum Gasteiger partial charge on any atom is 0.266 e. The van der Waals surface area contributed by atoms with Crippen molar-refractivity contribution in [2.45, 2.75) is 13.3 Å². The summed E-state index contributed by atoms with van der Waals surface area (Å²) in [5.74, 6) is 0.810. The Morgan fingerprint density at radius 1 is 1.27 bits per heavy atom.